The molecule has 0 saturated carbocycles. The quantitative estimate of drug-likeness (QED) is 0.581. The fourth-order valence-electron chi connectivity index (χ4n) is 0.390. The predicted octanol–water partition coefficient (Wildman–Crippen LogP) is 0.637. The number of carbonyl (C=O) groups is 1. The number of carboxylic acids is 1. The second-order valence-electron chi connectivity index (χ2n) is 2.88. The molecule has 0 saturated heterocycles. The summed E-state index contributed by atoms with van der Waals surface area (Å²) in [7, 11) is 0. The van der Waals surface area contributed by atoms with Gasteiger partial charge in [-0.15, -0.1) is 0 Å². The maximum atomic E-state index is 10.2. The Balaban J connectivity index is 3.31. The van der Waals surface area contributed by atoms with Crippen LogP contribution in [0.3, 0.4) is 0 Å². The Bertz CT molecular complexity index is 125. The molecule has 66 valence electrons. The van der Waals surface area contributed by atoms with E-state index in [0.29, 0.717) is 12.5 Å². The molecule has 0 fully saturated rings. The highest BCUT2D eigenvalue weighted by molar-refractivity contribution is 5.72. The third kappa shape index (κ3) is 5.82. The molecular formula is C7H15NO3. The Morgan fingerprint density at radius 3 is 2.45 bits per heavy atom. The third-order valence-electron chi connectivity index (χ3n) is 1.05. The highest BCUT2D eigenvalue weighted by Crippen LogP contribution is 1.90. The Morgan fingerprint density at radius 2 is 2.09 bits per heavy atom. The second-order valence-corrected chi connectivity index (χ2v) is 2.88. The standard InChI is InChI=1S/C7H15NO3/c1-5(2)4-11-8-6(3)7(9)10/h5-6,8H,4H2,1-3H3,(H,9,10). The minimum atomic E-state index is -0.909. The van der Waals surface area contributed by atoms with Crippen LogP contribution in [0.1, 0.15) is 20.8 Å². The number of hydrogen-bond acceptors (Lipinski definition) is 3. The fourth-order valence-corrected chi connectivity index (χ4v) is 0.390. The van der Waals surface area contributed by atoms with Crippen LogP contribution < -0.4 is 5.48 Å². The molecule has 1 unspecified atom stereocenters. The summed E-state index contributed by atoms with van der Waals surface area (Å²) in [4.78, 5) is 15.1. The van der Waals surface area contributed by atoms with Crippen molar-refractivity contribution in [3.05, 3.63) is 0 Å². The van der Waals surface area contributed by atoms with Gasteiger partial charge in [-0.05, 0) is 12.8 Å². The molecule has 0 aromatic rings. The van der Waals surface area contributed by atoms with E-state index >= 15 is 0 Å². The Kier molecular flexibility index (Phi) is 4.81. The van der Waals surface area contributed by atoms with Crippen molar-refractivity contribution in [1.29, 1.82) is 0 Å². The summed E-state index contributed by atoms with van der Waals surface area (Å²) >= 11 is 0. The van der Waals surface area contributed by atoms with Crippen LogP contribution in [0.2, 0.25) is 0 Å². The molecule has 0 rings (SSSR count). The number of carboxylic acid groups (broad SMARTS) is 1. The highest BCUT2D eigenvalue weighted by atomic mass is 16.6. The van der Waals surface area contributed by atoms with Gasteiger partial charge in [0.2, 0.25) is 0 Å². The summed E-state index contributed by atoms with van der Waals surface area (Å²) in [5.74, 6) is -0.503. The first kappa shape index (κ1) is 10.4. The van der Waals surface area contributed by atoms with Gasteiger partial charge in [0.15, 0.2) is 0 Å². The molecule has 1 atom stereocenters. The van der Waals surface area contributed by atoms with Crippen LogP contribution in [0, 0.1) is 5.92 Å². The molecule has 0 aliphatic carbocycles. The molecule has 0 aliphatic rings. The SMILES string of the molecule is CC(C)CONC(C)C(=O)O. The molecule has 11 heavy (non-hydrogen) atoms. The highest BCUT2D eigenvalue weighted by Gasteiger charge is 2.09. The van der Waals surface area contributed by atoms with Gasteiger partial charge in [-0.2, -0.15) is 5.48 Å². The summed E-state index contributed by atoms with van der Waals surface area (Å²) < 4.78 is 0. The van der Waals surface area contributed by atoms with Gasteiger partial charge in [-0.1, -0.05) is 13.8 Å². The van der Waals surface area contributed by atoms with Crippen molar-refractivity contribution in [3.63, 3.8) is 0 Å². The van der Waals surface area contributed by atoms with E-state index in [9.17, 15) is 4.79 Å². The average molecular weight is 161 g/mol. The molecule has 0 spiro atoms. The number of nitrogens with one attached hydrogen (secondary N) is 1. The van der Waals surface area contributed by atoms with E-state index in [2.05, 4.69) is 5.48 Å². The van der Waals surface area contributed by atoms with Crippen molar-refractivity contribution < 1.29 is 14.7 Å². The van der Waals surface area contributed by atoms with E-state index in [1.54, 1.807) is 0 Å². The lowest BCUT2D eigenvalue weighted by molar-refractivity contribution is -0.143. The van der Waals surface area contributed by atoms with E-state index in [1.807, 2.05) is 13.8 Å². The summed E-state index contributed by atoms with van der Waals surface area (Å²) in [5, 5.41) is 8.40. The van der Waals surface area contributed by atoms with Crippen molar-refractivity contribution in [3.8, 4) is 0 Å². The van der Waals surface area contributed by atoms with E-state index in [4.69, 9.17) is 9.94 Å². The summed E-state index contributed by atoms with van der Waals surface area (Å²) in [5.41, 5.74) is 2.41. The molecule has 0 aromatic carbocycles. The number of aliphatic carboxylic acids is 1. The lowest BCUT2D eigenvalue weighted by Crippen LogP contribution is -2.34. The zero-order chi connectivity index (χ0) is 8.85. The Labute approximate surface area is 66.5 Å². The van der Waals surface area contributed by atoms with Gasteiger partial charge in [-0.25, -0.2) is 0 Å². The van der Waals surface area contributed by atoms with Crippen LogP contribution in [0.5, 0.6) is 0 Å². The van der Waals surface area contributed by atoms with Crippen molar-refractivity contribution >= 4 is 5.97 Å². The average Bonchev–Trinajstić information content (AvgIpc) is 1.86. The monoisotopic (exact) mass is 161 g/mol. The summed E-state index contributed by atoms with van der Waals surface area (Å²) in [6.07, 6.45) is 0. The van der Waals surface area contributed by atoms with E-state index in [-0.39, 0.29) is 0 Å². The Hall–Kier alpha value is -0.610. The largest absolute Gasteiger partial charge is 0.480 e. The summed E-state index contributed by atoms with van der Waals surface area (Å²) in [6.45, 7) is 6.04. The fraction of sp³-hybridized carbons (Fsp3) is 0.857. The molecule has 0 heterocycles. The lowest BCUT2D eigenvalue weighted by atomic mass is 10.2. The zero-order valence-corrected chi connectivity index (χ0v) is 7.13. The van der Waals surface area contributed by atoms with E-state index < -0.39 is 12.0 Å². The molecule has 0 amide bonds. The van der Waals surface area contributed by atoms with Crippen molar-refractivity contribution in [2.45, 2.75) is 26.8 Å². The first-order valence-electron chi connectivity index (χ1n) is 3.64. The van der Waals surface area contributed by atoms with Crippen molar-refractivity contribution in [1.82, 2.24) is 5.48 Å². The first-order chi connectivity index (χ1) is 5.04. The van der Waals surface area contributed by atoms with Gasteiger partial charge < -0.3 is 9.94 Å². The van der Waals surface area contributed by atoms with Gasteiger partial charge in [0.05, 0.1) is 6.61 Å². The normalized spacial score (nSPS) is 13.5. The van der Waals surface area contributed by atoms with Gasteiger partial charge >= 0.3 is 5.97 Å². The molecule has 4 heteroatoms. The van der Waals surface area contributed by atoms with Crippen LogP contribution in [0.15, 0.2) is 0 Å². The van der Waals surface area contributed by atoms with Crippen molar-refractivity contribution in [2.75, 3.05) is 6.61 Å². The topological polar surface area (TPSA) is 58.6 Å². The minimum absolute atomic E-state index is 0.406. The smallest absolute Gasteiger partial charge is 0.322 e. The van der Waals surface area contributed by atoms with Crippen molar-refractivity contribution in [2.24, 2.45) is 5.92 Å². The molecule has 0 aliphatic heterocycles. The Morgan fingerprint density at radius 1 is 1.55 bits per heavy atom. The molecular weight excluding hydrogens is 146 g/mol. The van der Waals surface area contributed by atoms with Crippen LogP contribution in [-0.2, 0) is 9.63 Å². The lowest BCUT2D eigenvalue weighted by Gasteiger charge is -2.10. The minimum Gasteiger partial charge on any atom is -0.480 e. The van der Waals surface area contributed by atoms with Crippen LogP contribution >= 0.6 is 0 Å². The third-order valence-corrected chi connectivity index (χ3v) is 1.05. The van der Waals surface area contributed by atoms with Gasteiger partial charge in [0, 0.05) is 0 Å². The number of hydrogen-bond donors (Lipinski definition) is 2. The molecule has 0 aromatic heterocycles. The second kappa shape index (κ2) is 5.09. The molecule has 0 radical (unpaired) electrons. The van der Waals surface area contributed by atoms with Gasteiger partial charge in [0.25, 0.3) is 0 Å². The molecule has 2 N–H and O–H groups in total. The first-order valence-corrected chi connectivity index (χ1v) is 3.64. The van der Waals surface area contributed by atoms with Gasteiger partial charge in [-0.3, -0.25) is 4.79 Å². The maximum absolute atomic E-state index is 10.2. The van der Waals surface area contributed by atoms with Crippen LogP contribution in [0.25, 0.3) is 0 Å². The molecule has 0 bridgehead atoms. The number of hydroxylamine groups is 1. The zero-order valence-electron chi connectivity index (χ0n) is 7.13. The van der Waals surface area contributed by atoms with Gasteiger partial charge in [0.1, 0.15) is 6.04 Å². The van der Waals surface area contributed by atoms with E-state index in [0.717, 1.165) is 0 Å². The maximum Gasteiger partial charge on any atom is 0.322 e. The number of rotatable bonds is 5. The summed E-state index contributed by atoms with van der Waals surface area (Å²) in [6, 6.07) is -0.645. The van der Waals surface area contributed by atoms with Crippen LogP contribution in [-0.4, -0.2) is 23.7 Å². The molecule has 4 nitrogen and oxygen atoms in total. The van der Waals surface area contributed by atoms with E-state index in [1.165, 1.54) is 6.92 Å². The predicted molar refractivity (Wildman–Crippen MR) is 41.0 cm³/mol. The van der Waals surface area contributed by atoms with Crippen LogP contribution in [0.4, 0.5) is 0 Å².